The topological polar surface area (TPSA) is 87.3 Å². The highest BCUT2D eigenvalue weighted by molar-refractivity contribution is 7.12. The highest BCUT2D eigenvalue weighted by Gasteiger charge is 2.25. The molecular weight excluding hydrogens is 386 g/mol. The van der Waals surface area contributed by atoms with Crippen molar-refractivity contribution in [3.05, 3.63) is 51.2 Å². The van der Waals surface area contributed by atoms with Crippen LogP contribution >= 0.6 is 22.9 Å². The quantitative estimate of drug-likeness (QED) is 0.658. The molecule has 3 N–H and O–H groups in total. The van der Waals surface area contributed by atoms with E-state index in [0.29, 0.717) is 15.6 Å². The third-order valence-electron chi connectivity index (χ3n) is 3.80. The van der Waals surface area contributed by atoms with Crippen molar-refractivity contribution in [2.24, 2.45) is 5.92 Å². The summed E-state index contributed by atoms with van der Waals surface area (Å²) < 4.78 is 0. The summed E-state index contributed by atoms with van der Waals surface area (Å²) in [6.07, 6.45) is 0. The summed E-state index contributed by atoms with van der Waals surface area (Å²) in [6, 6.07) is 7.99. The number of thiophene rings is 1. The third kappa shape index (κ3) is 6.08. The van der Waals surface area contributed by atoms with Crippen LogP contribution in [0.5, 0.6) is 0 Å². The molecule has 8 heteroatoms. The van der Waals surface area contributed by atoms with Gasteiger partial charge in [-0.1, -0.05) is 37.6 Å². The van der Waals surface area contributed by atoms with Gasteiger partial charge in [0.05, 0.1) is 22.1 Å². The average molecular weight is 408 g/mol. The van der Waals surface area contributed by atoms with Crippen LogP contribution in [0.2, 0.25) is 5.02 Å². The van der Waals surface area contributed by atoms with Gasteiger partial charge in [-0.2, -0.15) is 0 Å². The van der Waals surface area contributed by atoms with Gasteiger partial charge in [0.25, 0.3) is 5.91 Å². The Kier molecular flexibility index (Phi) is 7.38. The van der Waals surface area contributed by atoms with E-state index in [4.69, 9.17) is 11.6 Å². The SMILES string of the molecule is Cc1ccc(NC(=O)CNC(=O)C(NC(=O)c2cccs2)C(C)C)c(Cl)c1. The van der Waals surface area contributed by atoms with Crippen molar-refractivity contribution in [2.75, 3.05) is 11.9 Å². The number of rotatable bonds is 7. The highest BCUT2D eigenvalue weighted by Crippen LogP contribution is 2.22. The number of benzene rings is 1. The summed E-state index contributed by atoms with van der Waals surface area (Å²) in [5.41, 5.74) is 1.46. The first-order valence-corrected chi connectivity index (χ1v) is 9.71. The minimum atomic E-state index is -0.740. The van der Waals surface area contributed by atoms with Crippen LogP contribution < -0.4 is 16.0 Å². The maximum atomic E-state index is 12.4. The lowest BCUT2D eigenvalue weighted by Crippen LogP contribution is -2.50. The van der Waals surface area contributed by atoms with Gasteiger partial charge in [-0.25, -0.2) is 0 Å². The molecule has 0 aliphatic heterocycles. The molecule has 3 amide bonds. The number of nitrogens with one attached hydrogen (secondary N) is 3. The number of hydrogen-bond acceptors (Lipinski definition) is 4. The van der Waals surface area contributed by atoms with Crippen molar-refractivity contribution >= 4 is 46.3 Å². The van der Waals surface area contributed by atoms with Crippen molar-refractivity contribution in [3.8, 4) is 0 Å². The van der Waals surface area contributed by atoms with E-state index in [1.54, 1.807) is 29.6 Å². The molecule has 1 atom stereocenters. The number of carbonyl (C=O) groups excluding carboxylic acids is 3. The summed E-state index contributed by atoms with van der Waals surface area (Å²) in [7, 11) is 0. The van der Waals surface area contributed by atoms with Gasteiger partial charge in [0.2, 0.25) is 11.8 Å². The molecule has 27 heavy (non-hydrogen) atoms. The van der Waals surface area contributed by atoms with E-state index in [-0.39, 0.29) is 18.4 Å². The van der Waals surface area contributed by atoms with Crippen molar-refractivity contribution in [3.63, 3.8) is 0 Å². The van der Waals surface area contributed by atoms with Crippen LogP contribution in [0.1, 0.15) is 29.1 Å². The van der Waals surface area contributed by atoms with Crippen LogP contribution in [-0.2, 0) is 9.59 Å². The molecule has 0 aliphatic rings. The molecule has 0 saturated carbocycles. The Balaban J connectivity index is 1.91. The molecule has 1 aromatic carbocycles. The van der Waals surface area contributed by atoms with Gasteiger partial charge < -0.3 is 16.0 Å². The Hall–Kier alpha value is -2.38. The van der Waals surface area contributed by atoms with Gasteiger partial charge >= 0.3 is 0 Å². The van der Waals surface area contributed by atoms with Crippen LogP contribution in [-0.4, -0.2) is 30.3 Å². The zero-order valence-electron chi connectivity index (χ0n) is 15.3. The van der Waals surface area contributed by atoms with Gasteiger partial charge in [-0.3, -0.25) is 14.4 Å². The minimum absolute atomic E-state index is 0.136. The number of carbonyl (C=O) groups is 3. The Labute approximate surface area is 167 Å². The van der Waals surface area contributed by atoms with E-state index in [1.165, 1.54) is 11.3 Å². The standard InChI is InChI=1S/C19H22ClN3O3S/c1-11(2)17(23-18(25)15-5-4-8-27-15)19(26)21-10-16(24)22-14-7-6-12(3)9-13(14)20/h4-9,11,17H,10H2,1-3H3,(H,21,26)(H,22,24)(H,23,25). The molecule has 6 nitrogen and oxygen atoms in total. The number of hydrogen-bond donors (Lipinski definition) is 3. The zero-order valence-corrected chi connectivity index (χ0v) is 16.9. The summed E-state index contributed by atoms with van der Waals surface area (Å²) >= 11 is 7.38. The fourth-order valence-corrected chi connectivity index (χ4v) is 3.26. The molecule has 2 aromatic rings. The number of anilines is 1. The minimum Gasteiger partial charge on any atom is -0.345 e. The van der Waals surface area contributed by atoms with E-state index in [2.05, 4.69) is 16.0 Å². The molecule has 2 rings (SSSR count). The first kappa shape index (κ1) is 20.9. The fourth-order valence-electron chi connectivity index (χ4n) is 2.35. The summed E-state index contributed by atoms with van der Waals surface area (Å²) in [5.74, 6) is -1.26. The molecular formula is C19H22ClN3O3S. The second-order valence-corrected chi connectivity index (χ2v) is 7.78. The van der Waals surface area contributed by atoms with E-state index in [0.717, 1.165) is 5.56 Å². The summed E-state index contributed by atoms with van der Waals surface area (Å²) in [4.78, 5) is 37.2. The summed E-state index contributed by atoms with van der Waals surface area (Å²) in [6.45, 7) is 5.32. The lowest BCUT2D eigenvalue weighted by molar-refractivity contribution is -0.126. The van der Waals surface area contributed by atoms with Crippen LogP contribution in [0.4, 0.5) is 5.69 Å². The van der Waals surface area contributed by atoms with Gasteiger partial charge in [0.15, 0.2) is 0 Å². The number of amides is 3. The van der Waals surface area contributed by atoms with Crippen LogP contribution in [0.25, 0.3) is 0 Å². The predicted molar refractivity (Wildman–Crippen MR) is 108 cm³/mol. The Morgan fingerprint density at radius 3 is 2.52 bits per heavy atom. The molecule has 1 aromatic heterocycles. The first-order chi connectivity index (χ1) is 12.8. The largest absolute Gasteiger partial charge is 0.345 e. The average Bonchev–Trinajstić information content (AvgIpc) is 3.14. The Morgan fingerprint density at radius 2 is 1.93 bits per heavy atom. The number of halogens is 1. The molecule has 0 bridgehead atoms. The van der Waals surface area contributed by atoms with Gasteiger partial charge in [0, 0.05) is 0 Å². The second kappa shape index (κ2) is 9.53. The molecule has 1 heterocycles. The molecule has 1 unspecified atom stereocenters. The monoisotopic (exact) mass is 407 g/mol. The maximum Gasteiger partial charge on any atom is 0.262 e. The van der Waals surface area contributed by atoms with Gasteiger partial charge in [-0.15, -0.1) is 11.3 Å². The first-order valence-electron chi connectivity index (χ1n) is 8.46. The zero-order chi connectivity index (χ0) is 20.0. The maximum absolute atomic E-state index is 12.4. The van der Waals surface area contributed by atoms with E-state index < -0.39 is 17.9 Å². The second-order valence-electron chi connectivity index (χ2n) is 6.42. The van der Waals surface area contributed by atoms with Crippen molar-refractivity contribution in [1.29, 1.82) is 0 Å². The third-order valence-corrected chi connectivity index (χ3v) is 4.98. The molecule has 0 saturated heterocycles. The number of aryl methyl sites for hydroxylation is 1. The van der Waals surface area contributed by atoms with Gasteiger partial charge in [-0.05, 0) is 42.0 Å². The van der Waals surface area contributed by atoms with E-state index >= 15 is 0 Å². The molecule has 0 spiro atoms. The van der Waals surface area contributed by atoms with Gasteiger partial charge in [0.1, 0.15) is 6.04 Å². The Morgan fingerprint density at radius 1 is 1.19 bits per heavy atom. The molecule has 0 radical (unpaired) electrons. The van der Waals surface area contributed by atoms with Crippen molar-refractivity contribution in [2.45, 2.75) is 26.8 Å². The van der Waals surface area contributed by atoms with Crippen LogP contribution in [0.15, 0.2) is 35.7 Å². The van der Waals surface area contributed by atoms with Crippen molar-refractivity contribution in [1.82, 2.24) is 10.6 Å². The van der Waals surface area contributed by atoms with Crippen LogP contribution in [0, 0.1) is 12.8 Å². The van der Waals surface area contributed by atoms with Crippen molar-refractivity contribution < 1.29 is 14.4 Å². The molecule has 0 fully saturated rings. The van der Waals surface area contributed by atoms with E-state index in [1.807, 2.05) is 26.8 Å². The van der Waals surface area contributed by atoms with E-state index in [9.17, 15) is 14.4 Å². The normalized spacial score (nSPS) is 11.7. The lowest BCUT2D eigenvalue weighted by Gasteiger charge is -2.21. The predicted octanol–water partition coefficient (Wildman–Crippen LogP) is 3.22. The lowest BCUT2D eigenvalue weighted by atomic mass is 10.0. The highest BCUT2D eigenvalue weighted by atomic mass is 35.5. The van der Waals surface area contributed by atoms with Crippen LogP contribution in [0.3, 0.4) is 0 Å². The molecule has 144 valence electrons. The smallest absolute Gasteiger partial charge is 0.262 e. The fraction of sp³-hybridized carbons (Fsp3) is 0.316. The Bertz CT molecular complexity index is 822. The summed E-state index contributed by atoms with van der Waals surface area (Å²) in [5, 5.41) is 10.1. The molecule has 0 aliphatic carbocycles.